The van der Waals surface area contributed by atoms with Gasteiger partial charge in [0.1, 0.15) is 5.82 Å². The molecule has 2 saturated heterocycles. The van der Waals surface area contributed by atoms with Crippen LogP contribution in [0.3, 0.4) is 0 Å². The second kappa shape index (κ2) is 6.79. The van der Waals surface area contributed by atoms with E-state index in [0.29, 0.717) is 38.2 Å². The minimum absolute atomic E-state index is 0.103. The summed E-state index contributed by atoms with van der Waals surface area (Å²) in [4.78, 5) is 28.6. The summed E-state index contributed by atoms with van der Waals surface area (Å²) in [5.41, 5.74) is 0.103. The SMILES string of the molecule is O=C(c1ccccc1F)N1CCC2(CC1)SCCN2C(=O)c1ccco1. The lowest BCUT2D eigenvalue weighted by Gasteiger charge is -2.43. The molecule has 0 radical (unpaired) electrons. The summed E-state index contributed by atoms with van der Waals surface area (Å²) in [7, 11) is 0. The van der Waals surface area contributed by atoms with E-state index in [-0.39, 0.29) is 22.2 Å². The van der Waals surface area contributed by atoms with Gasteiger partial charge >= 0.3 is 0 Å². The third kappa shape index (κ3) is 2.90. The molecule has 2 fully saturated rings. The van der Waals surface area contributed by atoms with E-state index in [1.165, 1.54) is 18.4 Å². The van der Waals surface area contributed by atoms with Crippen molar-refractivity contribution >= 4 is 23.6 Å². The standard InChI is InChI=1S/C19H19FN2O3S/c20-15-5-2-1-4-14(15)17(23)21-9-7-19(8-10-21)22(11-13-26-19)18(24)16-6-3-12-25-16/h1-6,12H,7-11,13H2. The number of hydrogen-bond acceptors (Lipinski definition) is 4. The Labute approximate surface area is 155 Å². The van der Waals surface area contributed by atoms with Crippen LogP contribution < -0.4 is 0 Å². The largest absolute Gasteiger partial charge is 0.459 e. The molecule has 1 aromatic heterocycles. The number of piperidine rings is 1. The highest BCUT2D eigenvalue weighted by molar-refractivity contribution is 8.00. The minimum atomic E-state index is -0.498. The minimum Gasteiger partial charge on any atom is -0.459 e. The average Bonchev–Trinajstić information content (AvgIpc) is 3.32. The number of thioether (sulfide) groups is 1. The molecule has 26 heavy (non-hydrogen) atoms. The van der Waals surface area contributed by atoms with E-state index < -0.39 is 5.82 Å². The lowest BCUT2D eigenvalue weighted by Crippen LogP contribution is -2.53. The molecule has 2 aromatic rings. The van der Waals surface area contributed by atoms with Gasteiger partial charge in [0, 0.05) is 25.4 Å². The highest BCUT2D eigenvalue weighted by Gasteiger charge is 2.47. The van der Waals surface area contributed by atoms with Gasteiger partial charge in [-0.15, -0.1) is 11.8 Å². The van der Waals surface area contributed by atoms with Crippen LogP contribution in [0, 0.1) is 5.82 Å². The van der Waals surface area contributed by atoms with Gasteiger partial charge in [0.15, 0.2) is 5.76 Å². The van der Waals surface area contributed by atoms with Crippen LogP contribution in [-0.4, -0.2) is 51.9 Å². The van der Waals surface area contributed by atoms with E-state index in [0.717, 1.165) is 5.75 Å². The first-order valence-electron chi connectivity index (χ1n) is 8.64. The second-order valence-electron chi connectivity index (χ2n) is 6.50. The second-order valence-corrected chi connectivity index (χ2v) is 7.96. The Kier molecular flexibility index (Phi) is 4.48. The normalized spacial score (nSPS) is 19.1. The van der Waals surface area contributed by atoms with Crippen molar-refractivity contribution in [1.29, 1.82) is 0 Å². The number of nitrogens with zero attached hydrogens (tertiary/aromatic N) is 2. The van der Waals surface area contributed by atoms with E-state index in [4.69, 9.17) is 4.42 Å². The first-order chi connectivity index (χ1) is 12.6. The zero-order chi connectivity index (χ0) is 18.1. The lowest BCUT2D eigenvalue weighted by molar-refractivity contribution is 0.0475. The number of halogens is 1. The number of hydrogen-bond donors (Lipinski definition) is 0. The molecule has 0 aliphatic carbocycles. The van der Waals surface area contributed by atoms with Gasteiger partial charge in [-0.1, -0.05) is 12.1 Å². The van der Waals surface area contributed by atoms with Crippen LogP contribution in [-0.2, 0) is 0 Å². The molecule has 0 saturated carbocycles. The van der Waals surface area contributed by atoms with Gasteiger partial charge in [-0.25, -0.2) is 4.39 Å². The molecule has 5 nitrogen and oxygen atoms in total. The fourth-order valence-corrected chi connectivity index (χ4v) is 5.16. The summed E-state index contributed by atoms with van der Waals surface area (Å²) in [5.74, 6) is 0.325. The van der Waals surface area contributed by atoms with Gasteiger partial charge in [0.05, 0.1) is 16.7 Å². The summed E-state index contributed by atoms with van der Waals surface area (Å²) >= 11 is 1.76. The summed E-state index contributed by atoms with van der Waals surface area (Å²) in [5, 5.41) is 0. The molecule has 3 heterocycles. The number of carbonyl (C=O) groups excluding carboxylic acids is 2. The van der Waals surface area contributed by atoms with E-state index >= 15 is 0 Å². The van der Waals surface area contributed by atoms with E-state index in [1.54, 1.807) is 40.9 Å². The summed E-state index contributed by atoms with van der Waals surface area (Å²) < 4.78 is 19.2. The Hall–Kier alpha value is -2.28. The highest BCUT2D eigenvalue weighted by Crippen LogP contribution is 2.44. The van der Waals surface area contributed by atoms with Crippen molar-refractivity contribution in [1.82, 2.24) is 9.80 Å². The third-order valence-corrected chi connectivity index (χ3v) is 6.64. The van der Waals surface area contributed by atoms with Gasteiger partial charge in [0.2, 0.25) is 0 Å². The van der Waals surface area contributed by atoms with Gasteiger partial charge in [-0.3, -0.25) is 9.59 Å². The van der Waals surface area contributed by atoms with Crippen molar-refractivity contribution < 1.29 is 18.4 Å². The third-order valence-electron chi connectivity index (χ3n) is 5.09. The van der Waals surface area contributed by atoms with Crippen LogP contribution in [0.5, 0.6) is 0 Å². The molecular formula is C19H19FN2O3S. The Morgan fingerprint density at radius 2 is 1.81 bits per heavy atom. The summed E-state index contributed by atoms with van der Waals surface area (Å²) in [6.45, 7) is 1.68. The number of amides is 2. The number of furan rings is 1. The van der Waals surface area contributed by atoms with Gasteiger partial charge in [-0.2, -0.15) is 0 Å². The summed E-state index contributed by atoms with van der Waals surface area (Å²) in [6, 6.07) is 9.44. The Morgan fingerprint density at radius 3 is 2.50 bits per heavy atom. The smallest absolute Gasteiger partial charge is 0.290 e. The van der Waals surface area contributed by atoms with Crippen LogP contribution >= 0.6 is 11.8 Å². The first-order valence-corrected chi connectivity index (χ1v) is 9.62. The Morgan fingerprint density at radius 1 is 1.04 bits per heavy atom. The maximum Gasteiger partial charge on any atom is 0.290 e. The fraction of sp³-hybridized carbons (Fsp3) is 0.368. The molecular weight excluding hydrogens is 355 g/mol. The maximum absolute atomic E-state index is 13.9. The Bertz CT molecular complexity index is 816. The average molecular weight is 374 g/mol. The van der Waals surface area contributed by atoms with Crippen LogP contribution in [0.25, 0.3) is 0 Å². The molecule has 1 spiro atoms. The molecule has 0 bridgehead atoms. The quantitative estimate of drug-likeness (QED) is 0.810. The van der Waals surface area contributed by atoms with Crippen molar-refractivity contribution in [3.8, 4) is 0 Å². The first kappa shape index (κ1) is 17.1. The van der Waals surface area contributed by atoms with E-state index in [1.807, 2.05) is 4.90 Å². The van der Waals surface area contributed by atoms with Crippen LogP contribution in [0.1, 0.15) is 33.8 Å². The predicted octanol–water partition coefficient (Wildman–Crippen LogP) is 3.24. The van der Waals surface area contributed by atoms with Gasteiger partial charge < -0.3 is 14.2 Å². The monoisotopic (exact) mass is 374 g/mol. The van der Waals surface area contributed by atoms with Crippen molar-refractivity contribution in [2.24, 2.45) is 0 Å². The molecule has 2 amide bonds. The molecule has 0 N–H and O–H groups in total. The molecule has 136 valence electrons. The van der Waals surface area contributed by atoms with Crippen LogP contribution in [0.15, 0.2) is 47.1 Å². The predicted molar refractivity (Wildman–Crippen MR) is 96.5 cm³/mol. The van der Waals surface area contributed by atoms with Crippen LogP contribution in [0.4, 0.5) is 4.39 Å². The van der Waals surface area contributed by atoms with Crippen molar-refractivity contribution in [3.05, 3.63) is 59.8 Å². The number of carbonyl (C=O) groups is 2. The van der Waals surface area contributed by atoms with Gasteiger partial charge in [0.25, 0.3) is 11.8 Å². The zero-order valence-corrected chi connectivity index (χ0v) is 15.0. The van der Waals surface area contributed by atoms with Crippen LogP contribution in [0.2, 0.25) is 0 Å². The van der Waals surface area contributed by atoms with E-state index in [2.05, 4.69) is 0 Å². The zero-order valence-electron chi connectivity index (χ0n) is 14.2. The summed E-state index contributed by atoms with van der Waals surface area (Å²) in [6.07, 6.45) is 2.84. The number of rotatable bonds is 2. The van der Waals surface area contributed by atoms with Gasteiger partial charge in [-0.05, 0) is 37.1 Å². The van der Waals surface area contributed by atoms with Crippen molar-refractivity contribution in [3.63, 3.8) is 0 Å². The van der Waals surface area contributed by atoms with Crippen molar-refractivity contribution in [2.75, 3.05) is 25.4 Å². The van der Waals surface area contributed by atoms with Crippen molar-refractivity contribution in [2.45, 2.75) is 17.7 Å². The maximum atomic E-state index is 13.9. The lowest BCUT2D eigenvalue weighted by atomic mass is 10.0. The van der Waals surface area contributed by atoms with E-state index in [9.17, 15) is 14.0 Å². The number of benzene rings is 1. The molecule has 7 heteroatoms. The highest BCUT2D eigenvalue weighted by atomic mass is 32.2. The molecule has 2 aliphatic rings. The molecule has 2 aliphatic heterocycles. The Balaban J connectivity index is 1.48. The molecule has 0 unspecified atom stereocenters. The molecule has 0 atom stereocenters. The fourth-order valence-electron chi connectivity index (χ4n) is 3.71. The number of likely N-dealkylation sites (tertiary alicyclic amines) is 1. The topological polar surface area (TPSA) is 53.8 Å². The molecule has 1 aromatic carbocycles. The molecule has 4 rings (SSSR count).